The number of H-pyrrole nitrogens is 1. The van der Waals surface area contributed by atoms with Gasteiger partial charge in [-0.1, -0.05) is 24.3 Å². The van der Waals surface area contributed by atoms with Crippen LogP contribution >= 0.6 is 0 Å². The van der Waals surface area contributed by atoms with Gasteiger partial charge < -0.3 is 19.8 Å². The highest BCUT2D eigenvalue weighted by Gasteiger charge is 2.12. The molecule has 2 aromatic heterocycles. The molecule has 0 radical (unpaired) electrons. The van der Waals surface area contributed by atoms with E-state index < -0.39 is 0 Å². The van der Waals surface area contributed by atoms with Crippen molar-refractivity contribution in [3.63, 3.8) is 0 Å². The summed E-state index contributed by atoms with van der Waals surface area (Å²) in [6.45, 7) is 9.53. The molecule has 4 aromatic rings. The Morgan fingerprint density at radius 2 is 1.97 bits per heavy atom. The minimum Gasteiger partial charge on any atom is -0.494 e. The third-order valence-corrected chi connectivity index (χ3v) is 6.40. The van der Waals surface area contributed by atoms with Gasteiger partial charge in [-0.3, -0.25) is 4.90 Å². The van der Waals surface area contributed by atoms with Gasteiger partial charge in [0, 0.05) is 43.0 Å². The van der Waals surface area contributed by atoms with Crippen molar-refractivity contribution in [2.45, 2.75) is 26.3 Å². The molecule has 35 heavy (non-hydrogen) atoms. The second-order valence-electron chi connectivity index (χ2n) is 9.06. The van der Waals surface area contributed by atoms with Gasteiger partial charge in [0.25, 0.3) is 0 Å². The van der Waals surface area contributed by atoms with E-state index in [9.17, 15) is 0 Å². The molecule has 3 heterocycles. The summed E-state index contributed by atoms with van der Waals surface area (Å²) in [6, 6.07) is 18.8. The number of aromatic amines is 1. The molecule has 7 nitrogen and oxygen atoms in total. The second-order valence-corrected chi connectivity index (χ2v) is 9.06. The van der Waals surface area contributed by atoms with Crippen molar-refractivity contribution in [1.82, 2.24) is 19.9 Å². The Balaban J connectivity index is 1.21. The number of morpholine rings is 1. The zero-order valence-corrected chi connectivity index (χ0v) is 20.5. The number of aryl methyl sites for hydroxylation is 1. The number of benzene rings is 2. The zero-order valence-electron chi connectivity index (χ0n) is 20.5. The average Bonchev–Trinajstić information content (AvgIpc) is 3.35. The number of nitrogens with zero attached hydrogens (tertiary/aromatic N) is 3. The van der Waals surface area contributed by atoms with Crippen molar-refractivity contribution in [3.8, 4) is 17.0 Å². The van der Waals surface area contributed by atoms with Gasteiger partial charge in [-0.25, -0.2) is 9.97 Å². The van der Waals surface area contributed by atoms with E-state index in [4.69, 9.17) is 9.47 Å². The molecule has 1 aliphatic rings. The standard InChI is InChI=1S/C28H33N5O2/c1-20(23-5-3-6-25(17-23)35-14-4-11-33-12-15-34-16-13-33)30-28-19-27(31-21(2)32-28)24-8-7-22-9-10-29-26(22)18-24/h3,5-10,17-20,29H,4,11-16H2,1-2H3,(H,30,31,32). The summed E-state index contributed by atoms with van der Waals surface area (Å²) in [6.07, 6.45) is 2.96. The normalized spacial score (nSPS) is 15.3. The molecule has 0 aliphatic carbocycles. The quantitative estimate of drug-likeness (QED) is 0.327. The van der Waals surface area contributed by atoms with E-state index >= 15 is 0 Å². The van der Waals surface area contributed by atoms with Crippen LogP contribution in [0.4, 0.5) is 5.82 Å². The molecule has 5 rings (SSSR count). The minimum absolute atomic E-state index is 0.0694. The molecule has 1 saturated heterocycles. The zero-order chi connectivity index (χ0) is 24.0. The van der Waals surface area contributed by atoms with Crippen molar-refractivity contribution in [3.05, 3.63) is 72.2 Å². The SMILES string of the molecule is Cc1nc(NC(C)c2cccc(OCCCN3CCOCC3)c2)cc(-c2ccc3cc[nH]c3c2)n1. The lowest BCUT2D eigenvalue weighted by atomic mass is 10.1. The Hall–Kier alpha value is -3.42. The first-order valence-corrected chi connectivity index (χ1v) is 12.4. The number of hydrogen-bond donors (Lipinski definition) is 2. The summed E-state index contributed by atoms with van der Waals surface area (Å²) in [5.41, 5.74) is 4.22. The van der Waals surface area contributed by atoms with Crippen molar-refractivity contribution < 1.29 is 9.47 Å². The highest BCUT2D eigenvalue weighted by Crippen LogP contribution is 2.27. The van der Waals surface area contributed by atoms with Crippen molar-refractivity contribution in [1.29, 1.82) is 0 Å². The maximum atomic E-state index is 6.05. The number of nitrogens with one attached hydrogen (secondary N) is 2. The number of anilines is 1. The largest absolute Gasteiger partial charge is 0.494 e. The van der Waals surface area contributed by atoms with Crippen LogP contribution in [0.2, 0.25) is 0 Å². The van der Waals surface area contributed by atoms with Crippen molar-refractivity contribution >= 4 is 16.7 Å². The van der Waals surface area contributed by atoms with Gasteiger partial charge in [0.15, 0.2) is 0 Å². The molecule has 1 aliphatic heterocycles. The number of fused-ring (bicyclic) bond motifs is 1. The monoisotopic (exact) mass is 471 g/mol. The molecule has 1 fully saturated rings. The van der Waals surface area contributed by atoms with E-state index in [1.165, 1.54) is 5.39 Å². The van der Waals surface area contributed by atoms with Crippen LogP contribution in [0.15, 0.2) is 60.8 Å². The fourth-order valence-electron chi connectivity index (χ4n) is 4.48. The van der Waals surface area contributed by atoms with Gasteiger partial charge >= 0.3 is 0 Å². The van der Waals surface area contributed by atoms with Crippen LogP contribution in [0.1, 0.15) is 30.8 Å². The summed E-state index contributed by atoms with van der Waals surface area (Å²) in [4.78, 5) is 15.0. The van der Waals surface area contributed by atoms with E-state index in [0.717, 1.165) is 79.0 Å². The van der Waals surface area contributed by atoms with E-state index in [1.807, 2.05) is 31.3 Å². The highest BCUT2D eigenvalue weighted by atomic mass is 16.5. The number of hydrogen-bond acceptors (Lipinski definition) is 6. The van der Waals surface area contributed by atoms with E-state index in [2.05, 4.69) is 68.5 Å². The summed E-state index contributed by atoms with van der Waals surface area (Å²) in [5.74, 6) is 2.45. The smallest absolute Gasteiger partial charge is 0.130 e. The van der Waals surface area contributed by atoms with Crippen molar-refractivity contribution in [2.24, 2.45) is 0 Å². The van der Waals surface area contributed by atoms with E-state index in [0.29, 0.717) is 6.61 Å². The fraction of sp³-hybridized carbons (Fsp3) is 0.357. The molecule has 2 aromatic carbocycles. The van der Waals surface area contributed by atoms with Crippen LogP contribution in [0.25, 0.3) is 22.2 Å². The van der Waals surface area contributed by atoms with Gasteiger partial charge in [0.05, 0.1) is 31.6 Å². The molecule has 2 N–H and O–H groups in total. The van der Waals surface area contributed by atoms with Crippen LogP contribution in [0, 0.1) is 6.92 Å². The molecule has 0 bridgehead atoms. The second kappa shape index (κ2) is 10.9. The number of aromatic nitrogens is 3. The van der Waals surface area contributed by atoms with Gasteiger partial charge in [-0.2, -0.15) is 0 Å². The van der Waals surface area contributed by atoms with E-state index in [1.54, 1.807) is 0 Å². The molecule has 1 atom stereocenters. The summed E-state index contributed by atoms with van der Waals surface area (Å²) < 4.78 is 11.5. The number of rotatable bonds is 9. The van der Waals surface area contributed by atoms with Gasteiger partial charge in [-0.05, 0) is 55.5 Å². The highest BCUT2D eigenvalue weighted by molar-refractivity contribution is 5.84. The third kappa shape index (κ3) is 5.99. The molecule has 182 valence electrons. The molecule has 1 unspecified atom stereocenters. The van der Waals surface area contributed by atoms with Crippen LogP contribution in [0.5, 0.6) is 5.75 Å². The fourth-order valence-corrected chi connectivity index (χ4v) is 4.48. The Bertz CT molecular complexity index is 1270. The molecule has 0 saturated carbocycles. The predicted octanol–water partition coefficient (Wildman–Crippen LogP) is 5.21. The lowest BCUT2D eigenvalue weighted by Crippen LogP contribution is -2.37. The molecule has 0 amide bonds. The first-order chi connectivity index (χ1) is 17.1. The molecule has 0 spiro atoms. The number of ether oxygens (including phenoxy) is 2. The maximum absolute atomic E-state index is 6.05. The summed E-state index contributed by atoms with van der Waals surface area (Å²) >= 11 is 0. The van der Waals surface area contributed by atoms with Gasteiger partial charge in [0.2, 0.25) is 0 Å². The predicted molar refractivity (Wildman–Crippen MR) is 140 cm³/mol. The topological polar surface area (TPSA) is 75.3 Å². The molecular formula is C28H33N5O2. The summed E-state index contributed by atoms with van der Waals surface area (Å²) in [7, 11) is 0. The van der Waals surface area contributed by atoms with E-state index in [-0.39, 0.29) is 6.04 Å². The van der Waals surface area contributed by atoms with Crippen LogP contribution in [0.3, 0.4) is 0 Å². The Morgan fingerprint density at radius 1 is 1.09 bits per heavy atom. The van der Waals surface area contributed by atoms with Gasteiger partial charge in [-0.15, -0.1) is 0 Å². The Kier molecular flexibility index (Phi) is 7.25. The third-order valence-electron chi connectivity index (χ3n) is 6.40. The summed E-state index contributed by atoms with van der Waals surface area (Å²) in [5, 5.41) is 4.74. The average molecular weight is 472 g/mol. The van der Waals surface area contributed by atoms with Crippen LogP contribution in [-0.2, 0) is 4.74 Å². The lowest BCUT2D eigenvalue weighted by molar-refractivity contribution is 0.0358. The molecule has 7 heteroatoms. The van der Waals surface area contributed by atoms with Crippen LogP contribution < -0.4 is 10.1 Å². The lowest BCUT2D eigenvalue weighted by Gasteiger charge is -2.26. The first kappa shape index (κ1) is 23.3. The maximum Gasteiger partial charge on any atom is 0.130 e. The van der Waals surface area contributed by atoms with Gasteiger partial charge in [0.1, 0.15) is 17.4 Å². The minimum atomic E-state index is 0.0694. The van der Waals surface area contributed by atoms with Crippen molar-refractivity contribution in [2.75, 3.05) is 44.8 Å². The Morgan fingerprint density at radius 3 is 2.86 bits per heavy atom. The first-order valence-electron chi connectivity index (χ1n) is 12.4. The molecular weight excluding hydrogens is 438 g/mol. The Labute approximate surface area is 206 Å². The van der Waals surface area contributed by atoms with Crippen LogP contribution in [-0.4, -0.2) is 59.3 Å².